The highest BCUT2D eigenvalue weighted by molar-refractivity contribution is 7.99. The molecule has 0 heterocycles. The summed E-state index contributed by atoms with van der Waals surface area (Å²) in [6.07, 6.45) is -14.3. The zero-order chi connectivity index (χ0) is 55.3. The highest BCUT2D eigenvalue weighted by Gasteiger charge is 2.85. The van der Waals surface area contributed by atoms with Crippen molar-refractivity contribution in [1.82, 2.24) is 0 Å². The van der Waals surface area contributed by atoms with Gasteiger partial charge >= 0.3 is 46.6 Å². The Morgan fingerprint density at radius 1 is 0.301 bits per heavy atom. The van der Waals surface area contributed by atoms with E-state index in [2.05, 4.69) is 170 Å². The van der Waals surface area contributed by atoms with E-state index in [4.69, 9.17) is 0 Å². The van der Waals surface area contributed by atoms with E-state index in [0.29, 0.717) is 0 Å². The molecule has 6 nitrogen and oxygen atoms in total. The highest BCUT2D eigenvalue weighted by atomic mass is 32.2. The average molecular weight is 1160 g/mol. The summed E-state index contributed by atoms with van der Waals surface area (Å²) in [7, 11) is -15.1. The Morgan fingerprint density at radius 2 is 0.493 bits per heavy atom. The van der Waals surface area contributed by atoms with E-state index in [-0.39, 0.29) is 21.8 Å². The third kappa shape index (κ3) is 13.1. The van der Waals surface area contributed by atoms with Crippen molar-refractivity contribution in [1.29, 1.82) is 0 Å². The fourth-order valence-electron chi connectivity index (χ4n) is 5.50. The lowest BCUT2D eigenvalue weighted by molar-refractivity contribution is -0.382. The van der Waals surface area contributed by atoms with E-state index >= 15 is 0 Å². The minimum atomic E-state index is -7.43. The van der Waals surface area contributed by atoms with Crippen molar-refractivity contribution in [3.63, 3.8) is 0 Å². The Balaban J connectivity index is 0.000000284. The first-order valence-corrected chi connectivity index (χ1v) is 25.3. The third-order valence-corrected chi connectivity index (χ3v) is 16.4. The minimum Gasteiger partial charge on any atom is -0.743 e. The van der Waals surface area contributed by atoms with Crippen LogP contribution in [0, 0.1) is 0 Å². The van der Waals surface area contributed by atoms with Crippen LogP contribution in [0.25, 0.3) is 0 Å². The van der Waals surface area contributed by atoms with E-state index in [1.165, 1.54) is 39.2 Å². The van der Waals surface area contributed by atoms with Gasteiger partial charge in [-0.25, -0.2) is 16.8 Å². The maximum Gasteiger partial charge on any atom is 0.460 e. The quantitative estimate of drug-likeness (QED) is 0.0606. The van der Waals surface area contributed by atoms with Gasteiger partial charge in [0.25, 0.3) is 0 Å². The second-order valence-corrected chi connectivity index (χ2v) is 22.2. The molecule has 396 valence electrons. The molecule has 0 amide bonds. The molecule has 6 rings (SSSR count). The van der Waals surface area contributed by atoms with Gasteiger partial charge in [0.15, 0.2) is 49.6 Å². The minimum absolute atomic E-state index is 0.123. The predicted octanol–water partition coefficient (Wildman–Crippen LogP) is 13.9. The summed E-state index contributed by atoms with van der Waals surface area (Å²) in [5, 5.41) is -14.2. The Hall–Kier alpha value is -5.07. The first-order chi connectivity index (χ1) is 33.3. The topological polar surface area (TPSA) is 114 Å². The van der Waals surface area contributed by atoms with Gasteiger partial charge in [0, 0.05) is 9.79 Å². The normalized spacial score (nSPS) is 13.5. The number of hydrogen-bond donors (Lipinski definition) is 0. The average Bonchev–Trinajstić information content (AvgIpc) is 3.30. The first-order valence-electron chi connectivity index (χ1n) is 19.2. The molecule has 0 atom stereocenters. The molecular weight excluding hydrogens is 1130 g/mol. The number of benzene rings is 6. The second kappa shape index (κ2) is 22.4. The molecule has 0 spiro atoms. The van der Waals surface area contributed by atoms with Crippen LogP contribution < -0.4 is 0 Å². The smallest absolute Gasteiger partial charge is 0.460 e. The molecule has 0 N–H and O–H groups in total. The first kappa shape index (κ1) is 60.5. The Labute approximate surface area is 412 Å². The molecule has 6 aromatic carbocycles. The van der Waals surface area contributed by atoms with Crippen molar-refractivity contribution >= 4 is 53.8 Å². The molecule has 29 heteroatoms. The summed E-state index contributed by atoms with van der Waals surface area (Å²) in [6, 6.07) is 61.5. The molecular formula is C44H28F18O6S5. The fourth-order valence-corrected chi connectivity index (χ4v) is 11.4. The molecule has 6 aromatic rings. The summed E-state index contributed by atoms with van der Waals surface area (Å²) in [5.41, 5.74) is 0. The van der Waals surface area contributed by atoms with E-state index in [1.807, 2.05) is 11.8 Å². The van der Waals surface area contributed by atoms with Crippen molar-refractivity contribution in [2.24, 2.45) is 0 Å². The van der Waals surface area contributed by atoms with Gasteiger partial charge in [-0.3, -0.25) is 0 Å². The SMILES string of the molecule is O=S(=O)([O-])C(F)(F)C(F)(F)C(F)(F)C(F)(F)F.O=S(=O)([O-])C(F)(F)C(F)(F)C(F)(F)C(F)(F)F.c1ccc([S+](c2ccccc2)c2ccc(Sc3ccc([S+](c4ccccc4)c4ccccc4)cc3)cc2)cc1. The van der Waals surface area contributed by atoms with Gasteiger partial charge in [0.1, 0.15) is 0 Å². The molecule has 0 aliphatic heterocycles. The summed E-state index contributed by atoms with van der Waals surface area (Å²) in [5.74, 6) is -29.6. The molecule has 0 unspecified atom stereocenters. The molecule has 0 bridgehead atoms. The fraction of sp³-hybridized carbons (Fsp3) is 0.182. The van der Waals surface area contributed by atoms with Gasteiger partial charge in [-0.1, -0.05) is 84.6 Å². The zero-order valence-electron chi connectivity index (χ0n) is 35.5. The Kier molecular flexibility index (Phi) is 18.6. The van der Waals surface area contributed by atoms with E-state index in [0.717, 1.165) is 0 Å². The molecule has 0 aliphatic carbocycles. The van der Waals surface area contributed by atoms with Crippen LogP contribution in [0.3, 0.4) is 0 Å². The van der Waals surface area contributed by atoms with Crippen LogP contribution in [0.2, 0.25) is 0 Å². The highest BCUT2D eigenvalue weighted by Crippen LogP contribution is 2.56. The Bertz CT molecular complexity index is 2670. The Morgan fingerprint density at radius 3 is 0.671 bits per heavy atom. The van der Waals surface area contributed by atoms with Crippen molar-refractivity contribution in [2.75, 3.05) is 0 Å². The lowest BCUT2D eigenvalue weighted by atomic mass is 10.1. The van der Waals surface area contributed by atoms with Gasteiger partial charge in [-0.2, -0.15) is 79.0 Å². The summed E-state index contributed by atoms with van der Waals surface area (Å²) in [6.45, 7) is 0. The maximum atomic E-state index is 12.2. The van der Waals surface area contributed by atoms with Crippen molar-refractivity contribution in [2.45, 2.75) is 85.7 Å². The number of halogens is 18. The lowest BCUT2D eigenvalue weighted by Gasteiger charge is -2.34. The van der Waals surface area contributed by atoms with Crippen LogP contribution in [-0.2, 0) is 42.0 Å². The van der Waals surface area contributed by atoms with Gasteiger partial charge in [0.05, 0.1) is 21.8 Å². The van der Waals surface area contributed by atoms with E-state index < -0.39 is 66.8 Å². The molecule has 73 heavy (non-hydrogen) atoms. The maximum absolute atomic E-state index is 12.2. The zero-order valence-corrected chi connectivity index (χ0v) is 39.5. The van der Waals surface area contributed by atoms with Gasteiger partial charge in [-0.05, 0) is 97.1 Å². The van der Waals surface area contributed by atoms with Gasteiger partial charge < -0.3 is 9.11 Å². The molecule has 0 radical (unpaired) electrons. The summed E-state index contributed by atoms with van der Waals surface area (Å²) in [4.78, 5) is 10.5. The van der Waals surface area contributed by atoms with Crippen LogP contribution in [-0.4, -0.2) is 72.5 Å². The third-order valence-electron chi connectivity index (χ3n) is 9.13. The van der Waals surface area contributed by atoms with E-state index in [9.17, 15) is 105 Å². The summed E-state index contributed by atoms with van der Waals surface area (Å²) >= 11 is 1.82. The molecule has 0 saturated heterocycles. The number of rotatable bonds is 14. The number of hydrogen-bond acceptors (Lipinski definition) is 7. The van der Waals surface area contributed by atoms with Crippen molar-refractivity contribution in [3.05, 3.63) is 170 Å². The predicted molar refractivity (Wildman–Crippen MR) is 228 cm³/mol. The van der Waals surface area contributed by atoms with E-state index in [1.54, 1.807) is 0 Å². The largest absolute Gasteiger partial charge is 0.743 e. The van der Waals surface area contributed by atoms with Crippen molar-refractivity contribution < 1.29 is 105 Å². The molecule has 0 aromatic heterocycles. The standard InChI is InChI=1S/C36H28S3.2C4HF9O3S/c1-5-13-31(14-6-1)38(32-15-7-2-8-16-32)35-25-21-29(22-26-35)37-30-23-27-36(28-24-30)39(33-17-9-3-10-18-33)34-19-11-4-12-20-34;2*5-1(6,3(9,10)11)2(7,8)4(12,13)17(14,15)16/h1-28H;2*(H,14,15,16)/q+2;;/p-2. The molecule has 0 fully saturated rings. The molecule has 0 saturated carbocycles. The number of alkyl halides is 18. The second-order valence-electron chi connectivity index (χ2n) is 14.1. The van der Waals surface area contributed by atoms with Crippen molar-refractivity contribution in [3.8, 4) is 0 Å². The van der Waals surface area contributed by atoms with Crippen LogP contribution >= 0.6 is 11.8 Å². The monoisotopic (exact) mass is 1150 g/mol. The van der Waals surface area contributed by atoms with Crippen LogP contribution in [0.1, 0.15) is 0 Å². The van der Waals surface area contributed by atoms with Gasteiger partial charge in [-0.15, -0.1) is 0 Å². The summed E-state index contributed by atoms with van der Waals surface area (Å²) < 4.78 is 271. The van der Waals surface area contributed by atoms with Crippen LogP contribution in [0.15, 0.2) is 209 Å². The molecule has 0 aliphatic rings. The van der Waals surface area contributed by atoms with Crippen LogP contribution in [0.5, 0.6) is 0 Å². The lowest BCUT2D eigenvalue weighted by Crippen LogP contribution is -2.63. The van der Waals surface area contributed by atoms with Crippen LogP contribution in [0.4, 0.5) is 79.0 Å². The van der Waals surface area contributed by atoms with Gasteiger partial charge in [0.2, 0.25) is 0 Å².